The molecule has 0 bridgehead atoms. The summed E-state index contributed by atoms with van der Waals surface area (Å²) >= 11 is 2.32. The van der Waals surface area contributed by atoms with Crippen molar-refractivity contribution in [2.45, 2.75) is 32.6 Å². The van der Waals surface area contributed by atoms with Gasteiger partial charge in [-0.2, -0.15) is 0 Å². The molecule has 1 amide bonds. The lowest BCUT2D eigenvalue weighted by Crippen LogP contribution is -2.26. The van der Waals surface area contributed by atoms with Gasteiger partial charge in [-0.05, 0) is 35.8 Å². The number of alkyl halides is 1. The third kappa shape index (κ3) is 5.04. The molecule has 2 nitrogen and oxygen atoms in total. The van der Waals surface area contributed by atoms with Gasteiger partial charge in [-0.25, -0.2) is 8.78 Å². The summed E-state index contributed by atoms with van der Waals surface area (Å²) in [6, 6.07) is 2.44. The quantitative estimate of drug-likeness (QED) is 0.432. The lowest BCUT2D eigenvalue weighted by Gasteiger charge is -2.08. The minimum atomic E-state index is -0.814. The fourth-order valence-corrected chi connectivity index (χ4v) is 2.27. The van der Waals surface area contributed by atoms with Crippen molar-refractivity contribution in [3.8, 4) is 0 Å². The van der Waals surface area contributed by atoms with E-state index in [1.807, 2.05) is 0 Å². The fraction of sp³-hybridized carbons (Fsp3) is 0.500. The molecule has 0 fully saturated rings. The second-order valence-electron chi connectivity index (χ2n) is 4.41. The van der Waals surface area contributed by atoms with Crippen molar-refractivity contribution >= 4 is 28.5 Å². The molecule has 0 unspecified atom stereocenters. The molecule has 106 valence electrons. The highest BCUT2D eigenvalue weighted by Gasteiger charge is 2.18. The number of nitrogens with one attached hydrogen (secondary N) is 1. The molecule has 0 aliphatic carbocycles. The van der Waals surface area contributed by atoms with Crippen LogP contribution in [0.2, 0.25) is 0 Å². The summed E-state index contributed by atoms with van der Waals surface area (Å²) in [4.78, 5) is 11.7. The van der Waals surface area contributed by atoms with Gasteiger partial charge in [0.05, 0.1) is 0 Å². The van der Waals surface area contributed by atoms with Crippen LogP contribution in [0.5, 0.6) is 0 Å². The van der Waals surface area contributed by atoms with Crippen LogP contribution in [0, 0.1) is 18.6 Å². The molecule has 1 N–H and O–H groups in total. The SMILES string of the molecule is Cc1ccc(F)c(C(=O)NCCCCCCI)c1F. The molecule has 0 heterocycles. The van der Waals surface area contributed by atoms with E-state index in [1.54, 1.807) is 0 Å². The Morgan fingerprint density at radius 3 is 2.58 bits per heavy atom. The molecule has 0 saturated carbocycles. The third-order valence-electron chi connectivity index (χ3n) is 2.86. The monoisotopic (exact) mass is 381 g/mol. The van der Waals surface area contributed by atoms with Crippen LogP contribution >= 0.6 is 22.6 Å². The van der Waals surface area contributed by atoms with Gasteiger partial charge in [-0.3, -0.25) is 4.79 Å². The van der Waals surface area contributed by atoms with E-state index in [9.17, 15) is 13.6 Å². The molecule has 1 rings (SSSR count). The van der Waals surface area contributed by atoms with Crippen molar-refractivity contribution in [2.24, 2.45) is 0 Å². The molecule has 0 aliphatic rings. The van der Waals surface area contributed by atoms with E-state index < -0.39 is 23.1 Å². The van der Waals surface area contributed by atoms with Gasteiger partial charge < -0.3 is 5.32 Å². The summed E-state index contributed by atoms with van der Waals surface area (Å²) in [6.07, 6.45) is 4.13. The highest BCUT2D eigenvalue weighted by atomic mass is 127. The van der Waals surface area contributed by atoms with Gasteiger partial charge in [0, 0.05) is 6.54 Å². The van der Waals surface area contributed by atoms with E-state index in [2.05, 4.69) is 27.9 Å². The smallest absolute Gasteiger partial charge is 0.257 e. The molecule has 1 aromatic rings. The van der Waals surface area contributed by atoms with Crippen molar-refractivity contribution < 1.29 is 13.6 Å². The normalized spacial score (nSPS) is 10.5. The highest BCUT2D eigenvalue weighted by Crippen LogP contribution is 2.16. The zero-order valence-corrected chi connectivity index (χ0v) is 13.1. The second-order valence-corrected chi connectivity index (χ2v) is 5.49. The van der Waals surface area contributed by atoms with Gasteiger partial charge in [0.25, 0.3) is 5.91 Å². The van der Waals surface area contributed by atoms with Gasteiger partial charge in [0.2, 0.25) is 0 Å². The van der Waals surface area contributed by atoms with Crippen molar-refractivity contribution in [1.82, 2.24) is 5.32 Å². The Kier molecular flexibility index (Phi) is 7.27. The van der Waals surface area contributed by atoms with Crippen LogP contribution in [0.3, 0.4) is 0 Å². The van der Waals surface area contributed by atoms with Crippen LogP contribution in [0.15, 0.2) is 12.1 Å². The van der Waals surface area contributed by atoms with Crippen molar-refractivity contribution in [1.29, 1.82) is 0 Å². The maximum atomic E-state index is 13.7. The number of aryl methyl sites for hydroxylation is 1. The molecule has 5 heteroatoms. The molecule has 0 spiro atoms. The number of benzene rings is 1. The van der Waals surface area contributed by atoms with E-state index in [-0.39, 0.29) is 5.56 Å². The third-order valence-corrected chi connectivity index (χ3v) is 3.62. The summed E-state index contributed by atoms with van der Waals surface area (Å²) in [5.41, 5.74) is -0.208. The van der Waals surface area contributed by atoms with Crippen LogP contribution in [0.25, 0.3) is 0 Å². The van der Waals surface area contributed by atoms with Gasteiger partial charge >= 0.3 is 0 Å². The first-order valence-corrected chi connectivity index (χ1v) is 7.89. The predicted molar refractivity (Wildman–Crippen MR) is 80.8 cm³/mol. The first-order valence-electron chi connectivity index (χ1n) is 6.36. The Labute approximate surface area is 126 Å². The number of carbonyl (C=O) groups excluding carboxylic acids is 1. The van der Waals surface area contributed by atoms with Crippen molar-refractivity contribution in [3.05, 3.63) is 34.9 Å². The van der Waals surface area contributed by atoms with Gasteiger partial charge in [-0.15, -0.1) is 0 Å². The Morgan fingerprint density at radius 2 is 1.89 bits per heavy atom. The van der Waals surface area contributed by atoms with Gasteiger partial charge in [0.1, 0.15) is 17.2 Å². The molecule has 0 aliphatic heterocycles. The largest absolute Gasteiger partial charge is 0.352 e. The first-order chi connectivity index (χ1) is 9.07. The van der Waals surface area contributed by atoms with Crippen LogP contribution in [-0.2, 0) is 0 Å². The molecule has 1 aromatic carbocycles. The second kappa shape index (κ2) is 8.45. The number of rotatable bonds is 7. The number of hydrogen-bond donors (Lipinski definition) is 1. The minimum Gasteiger partial charge on any atom is -0.352 e. The number of carbonyl (C=O) groups is 1. The van der Waals surface area contributed by atoms with Crippen LogP contribution in [0.1, 0.15) is 41.6 Å². The maximum absolute atomic E-state index is 13.7. The predicted octanol–water partition coefficient (Wildman–Crippen LogP) is 4.00. The van der Waals surface area contributed by atoms with Gasteiger partial charge in [0.15, 0.2) is 0 Å². The summed E-state index contributed by atoms with van der Waals surface area (Å²) in [5, 5.41) is 2.56. The average molecular weight is 381 g/mol. The molecule has 0 radical (unpaired) electrons. The van der Waals surface area contributed by atoms with E-state index in [1.165, 1.54) is 13.0 Å². The number of halogens is 3. The number of hydrogen-bond acceptors (Lipinski definition) is 1. The van der Waals surface area contributed by atoms with E-state index in [0.29, 0.717) is 6.54 Å². The van der Waals surface area contributed by atoms with Crippen molar-refractivity contribution in [2.75, 3.05) is 11.0 Å². The molecular formula is C14H18F2INO. The van der Waals surface area contributed by atoms with Crippen molar-refractivity contribution in [3.63, 3.8) is 0 Å². The Balaban J connectivity index is 2.48. The Morgan fingerprint density at radius 1 is 1.21 bits per heavy atom. The first kappa shape index (κ1) is 16.3. The standard InChI is InChI=1S/C14H18F2INO/c1-10-6-7-11(15)12(13(10)16)14(19)18-9-5-3-2-4-8-17/h6-7H,2-5,8-9H2,1H3,(H,18,19). The summed E-state index contributed by atoms with van der Waals surface area (Å²) < 4.78 is 28.3. The van der Waals surface area contributed by atoms with Crippen LogP contribution < -0.4 is 5.32 Å². The van der Waals surface area contributed by atoms with E-state index >= 15 is 0 Å². The van der Waals surface area contributed by atoms with E-state index in [4.69, 9.17) is 0 Å². The topological polar surface area (TPSA) is 29.1 Å². The fourth-order valence-electron chi connectivity index (χ4n) is 1.73. The minimum absolute atomic E-state index is 0.272. The molecule has 0 saturated heterocycles. The Bertz CT molecular complexity index is 438. The van der Waals surface area contributed by atoms with Crippen LogP contribution in [0.4, 0.5) is 8.78 Å². The molecular weight excluding hydrogens is 363 g/mol. The number of amides is 1. The van der Waals surface area contributed by atoms with E-state index in [0.717, 1.165) is 36.2 Å². The average Bonchev–Trinajstić information content (AvgIpc) is 2.38. The molecule has 19 heavy (non-hydrogen) atoms. The highest BCUT2D eigenvalue weighted by molar-refractivity contribution is 14.1. The lowest BCUT2D eigenvalue weighted by atomic mass is 10.1. The number of unbranched alkanes of at least 4 members (excludes halogenated alkanes) is 3. The van der Waals surface area contributed by atoms with Crippen LogP contribution in [-0.4, -0.2) is 16.9 Å². The lowest BCUT2D eigenvalue weighted by molar-refractivity contribution is 0.0944. The van der Waals surface area contributed by atoms with Gasteiger partial charge in [-0.1, -0.05) is 41.5 Å². The maximum Gasteiger partial charge on any atom is 0.257 e. The summed E-state index contributed by atoms with van der Waals surface area (Å²) in [7, 11) is 0. The summed E-state index contributed by atoms with van der Waals surface area (Å²) in [6.45, 7) is 1.96. The Hall–Kier alpha value is -0.720. The molecule has 0 aromatic heterocycles. The molecule has 0 atom stereocenters. The summed E-state index contributed by atoms with van der Waals surface area (Å²) in [5.74, 6) is -2.26. The zero-order chi connectivity index (χ0) is 14.3. The zero-order valence-electron chi connectivity index (χ0n) is 10.9.